The molecule has 104 valence electrons. The molecule has 0 saturated heterocycles. The lowest BCUT2D eigenvalue weighted by Gasteiger charge is -2.06. The summed E-state index contributed by atoms with van der Waals surface area (Å²) in [6, 6.07) is 8.51. The summed E-state index contributed by atoms with van der Waals surface area (Å²) in [5.74, 6) is 2.37. The molecule has 2 aromatic rings. The molecular formula is C16H17ClN2S. The Morgan fingerprint density at radius 2 is 1.80 bits per heavy atom. The van der Waals surface area contributed by atoms with Gasteiger partial charge in [-0.2, -0.15) is 0 Å². The predicted molar refractivity (Wildman–Crippen MR) is 84.5 cm³/mol. The lowest BCUT2D eigenvalue weighted by atomic mass is 10.1. The van der Waals surface area contributed by atoms with E-state index in [1.54, 1.807) is 11.8 Å². The fourth-order valence-electron chi connectivity index (χ4n) is 2.32. The van der Waals surface area contributed by atoms with Crippen molar-refractivity contribution in [1.29, 1.82) is 0 Å². The first-order valence-electron chi connectivity index (χ1n) is 6.84. The van der Waals surface area contributed by atoms with E-state index in [0.29, 0.717) is 11.1 Å². The van der Waals surface area contributed by atoms with Crippen molar-refractivity contribution in [3.63, 3.8) is 0 Å². The molecule has 3 rings (SSSR count). The minimum Gasteiger partial charge on any atom is -0.226 e. The van der Waals surface area contributed by atoms with Crippen molar-refractivity contribution in [3.8, 4) is 0 Å². The first-order valence-corrected chi connectivity index (χ1v) is 8.21. The molecule has 1 heterocycles. The largest absolute Gasteiger partial charge is 0.226 e. The zero-order valence-electron chi connectivity index (χ0n) is 11.7. The summed E-state index contributed by atoms with van der Waals surface area (Å²) >= 11 is 7.82. The van der Waals surface area contributed by atoms with Gasteiger partial charge in [0.1, 0.15) is 16.0 Å². The van der Waals surface area contributed by atoms with Crippen molar-refractivity contribution in [1.82, 2.24) is 9.97 Å². The summed E-state index contributed by atoms with van der Waals surface area (Å²) in [5, 5.41) is 1.54. The summed E-state index contributed by atoms with van der Waals surface area (Å²) in [7, 11) is 0. The molecule has 1 aromatic carbocycles. The average molecular weight is 305 g/mol. The first kappa shape index (κ1) is 13.9. The Morgan fingerprint density at radius 1 is 1.10 bits per heavy atom. The lowest BCUT2D eigenvalue weighted by molar-refractivity contribution is 0.878. The third-order valence-electron chi connectivity index (χ3n) is 3.30. The number of benzene rings is 1. The molecule has 1 aliphatic rings. The van der Waals surface area contributed by atoms with Crippen molar-refractivity contribution >= 4 is 23.4 Å². The van der Waals surface area contributed by atoms with Crippen LogP contribution in [-0.4, -0.2) is 9.97 Å². The maximum atomic E-state index is 6.09. The Morgan fingerprint density at radius 3 is 2.45 bits per heavy atom. The van der Waals surface area contributed by atoms with Gasteiger partial charge in [-0.3, -0.25) is 0 Å². The zero-order chi connectivity index (χ0) is 14.1. The molecular weight excluding hydrogens is 288 g/mol. The van der Waals surface area contributed by atoms with Crippen LogP contribution in [-0.2, 0) is 5.75 Å². The number of thioether (sulfide) groups is 1. The van der Waals surface area contributed by atoms with E-state index in [1.165, 1.54) is 29.5 Å². The Hall–Kier alpha value is -1.06. The van der Waals surface area contributed by atoms with Crippen molar-refractivity contribution < 1.29 is 0 Å². The summed E-state index contributed by atoms with van der Waals surface area (Å²) in [6.07, 6.45) is 2.39. The summed E-state index contributed by atoms with van der Waals surface area (Å²) in [6.45, 7) is 4.27. The Kier molecular flexibility index (Phi) is 3.99. The Labute approximate surface area is 129 Å². The number of rotatable bonds is 4. The minimum absolute atomic E-state index is 0.536. The zero-order valence-corrected chi connectivity index (χ0v) is 13.3. The van der Waals surface area contributed by atoms with E-state index in [-0.39, 0.29) is 0 Å². The van der Waals surface area contributed by atoms with Gasteiger partial charge in [0.15, 0.2) is 0 Å². The second-order valence-corrected chi connectivity index (χ2v) is 6.83. The molecule has 0 spiro atoms. The van der Waals surface area contributed by atoms with Gasteiger partial charge in [0, 0.05) is 17.7 Å². The minimum atomic E-state index is 0.536. The van der Waals surface area contributed by atoms with Gasteiger partial charge < -0.3 is 0 Å². The van der Waals surface area contributed by atoms with Crippen LogP contribution in [0.2, 0.25) is 5.15 Å². The van der Waals surface area contributed by atoms with Gasteiger partial charge >= 0.3 is 0 Å². The standard InChI is InChI=1S/C16H17ClN2S/c1-10-5-11(2)7-12(6-10)9-20-15-8-14(17)18-16(19-15)13-3-4-13/h5-8,13H,3-4,9H2,1-2H3. The second kappa shape index (κ2) is 5.74. The summed E-state index contributed by atoms with van der Waals surface area (Å²) in [5.41, 5.74) is 3.94. The van der Waals surface area contributed by atoms with E-state index in [4.69, 9.17) is 11.6 Å². The number of halogens is 1. The van der Waals surface area contributed by atoms with Gasteiger partial charge in [0.05, 0.1) is 0 Å². The van der Waals surface area contributed by atoms with Gasteiger partial charge in [-0.05, 0) is 32.3 Å². The lowest BCUT2D eigenvalue weighted by Crippen LogP contribution is -1.95. The van der Waals surface area contributed by atoms with Crippen LogP contribution < -0.4 is 0 Å². The van der Waals surface area contributed by atoms with Crippen LogP contribution in [0.15, 0.2) is 29.3 Å². The molecule has 0 atom stereocenters. The maximum Gasteiger partial charge on any atom is 0.134 e. The van der Waals surface area contributed by atoms with Crippen LogP contribution in [0.3, 0.4) is 0 Å². The van der Waals surface area contributed by atoms with E-state index in [9.17, 15) is 0 Å². The highest BCUT2D eigenvalue weighted by Crippen LogP contribution is 2.39. The maximum absolute atomic E-state index is 6.09. The molecule has 1 aliphatic carbocycles. The molecule has 2 nitrogen and oxygen atoms in total. The molecule has 1 fully saturated rings. The van der Waals surface area contributed by atoms with E-state index in [2.05, 4.69) is 42.0 Å². The Bertz CT molecular complexity index is 618. The SMILES string of the molecule is Cc1cc(C)cc(CSc2cc(Cl)nc(C3CC3)n2)c1. The number of aromatic nitrogens is 2. The molecule has 0 unspecified atom stereocenters. The fourth-order valence-corrected chi connectivity index (χ4v) is 3.41. The molecule has 1 saturated carbocycles. The molecule has 0 N–H and O–H groups in total. The highest BCUT2D eigenvalue weighted by Gasteiger charge is 2.27. The molecule has 1 aromatic heterocycles. The van der Waals surface area contributed by atoms with E-state index < -0.39 is 0 Å². The normalized spacial score (nSPS) is 14.6. The van der Waals surface area contributed by atoms with Crippen LogP contribution in [0.5, 0.6) is 0 Å². The first-order chi connectivity index (χ1) is 9.60. The average Bonchev–Trinajstić information content (AvgIpc) is 3.19. The van der Waals surface area contributed by atoms with Crippen molar-refractivity contribution in [2.45, 2.75) is 43.4 Å². The van der Waals surface area contributed by atoms with Crippen LogP contribution >= 0.6 is 23.4 Å². The van der Waals surface area contributed by atoms with E-state index in [0.717, 1.165) is 16.6 Å². The number of nitrogens with zero attached hydrogens (tertiary/aromatic N) is 2. The fraction of sp³-hybridized carbons (Fsp3) is 0.375. The molecule has 20 heavy (non-hydrogen) atoms. The van der Waals surface area contributed by atoms with Crippen LogP contribution in [0, 0.1) is 13.8 Å². The number of hydrogen-bond donors (Lipinski definition) is 0. The monoisotopic (exact) mass is 304 g/mol. The van der Waals surface area contributed by atoms with Crippen molar-refractivity contribution in [2.75, 3.05) is 0 Å². The molecule has 0 bridgehead atoms. The molecule has 0 aliphatic heterocycles. The van der Waals surface area contributed by atoms with Crippen molar-refractivity contribution in [3.05, 3.63) is 51.9 Å². The summed E-state index contributed by atoms with van der Waals surface area (Å²) < 4.78 is 0. The topological polar surface area (TPSA) is 25.8 Å². The highest BCUT2D eigenvalue weighted by atomic mass is 35.5. The number of aryl methyl sites for hydroxylation is 2. The van der Waals surface area contributed by atoms with E-state index in [1.807, 2.05) is 6.07 Å². The molecule has 4 heteroatoms. The van der Waals surface area contributed by atoms with Gasteiger partial charge in [0.2, 0.25) is 0 Å². The third-order valence-corrected chi connectivity index (χ3v) is 4.48. The van der Waals surface area contributed by atoms with Gasteiger partial charge in [-0.1, -0.05) is 40.9 Å². The summed E-state index contributed by atoms with van der Waals surface area (Å²) in [4.78, 5) is 8.94. The van der Waals surface area contributed by atoms with Gasteiger partial charge in [-0.15, -0.1) is 11.8 Å². The second-order valence-electron chi connectivity index (χ2n) is 5.45. The number of hydrogen-bond acceptors (Lipinski definition) is 3. The van der Waals surface area contributed by atoms with Crippen LogP contribution in [0.1, 0.15) is 41.3 Å². The quantitative estimate of drug-likeness (QED) is 0.592. The van der Waals surface area contributed by atoms with Crippen LogP contribution in [0.25, 0.3) is 0 Å². The van der Waals surface area contributed by atoms with E-state index >= 15 is 0 Å². The molecule has 0 amide bonds. The smallest absolute Gasteiger partial charge is 0.134 e. The van der Waals surface area contributed by atoms with Crippen LogP contribution in [0.4, 0.5) is 0 Å². The third kappa shape index (κ3) is 3.53. The van der Waals surface area contributed by atoms with Crippen molar-refractivity contribution in [2.24, 2.45) is 0 Å². The Balaban J connectivity index is 1.74. The van der Waals surface area contributed by atoms with Gasteiger partial charge in [-0.25, -0.2) is 9.97 Å². The predicted octanol–water partition coefficient (Wildman–Crippen LogP) is 4.92. The van der Waals surface area contributed by atoms with Gasteiger partial charge in [0.25, 0.3) is 0 Å². The highest BCUT2D eigenvalue weighted by molar-refractivity contribution is 7.98. The molecule has 0 radical (unpaired) electrons.